The lowest BCUT2D eigenvalue weighted by Gasteiger charge is -2.35. The highest BCUT2D eigenvalue weighted by Gasteiger charge is 2.50. The molecule has 8 rings (SSSR count). The third-order valence-electron chi connectivity index (χ3n) is 11.7. The number of fused-ring (bicyclic) bond motifs is 4. The molecule has 0 bridgehead atoms. The summed E-state index contributed by atoms with van der Waals surface area (Å²) in [6.07, 6.45) is 6.38. The number of rotatable bonds is 9. The first-order chi connectivity index (χ1) is 25.2. The average Bonchev–Trinajstić information content (AvgIpc) is 3.80. The lowest BCUT2D eigenvalue weighted by molar-refractivity contribution is 0.0519. The minimum atomic E-state index is -0.240. The molecule has 6 heterocycles. The van der Waals surface area contributed by atoms with E-state index in [1.54, 1.807) is 44.3 Å². The molecule has 0 aliphatic carbocycles. The van der Waals surface area contributed by atoms with Crippen LogP contribution in [0.15, 0.2) is 30.3 Å². The molecule has 2 aromatic heterocycles. The second-order valence-corrected chi connectivity index (χ2v) is 15.0. The molecule has 0 unspecified atom stereocenters. The highest BCUT2D eigenvalue weighted by molar-refractivity contribution is 5.98. The molecule has 4 aliphatic rings. The Morgan fingerprint density at radius 2 is 1.92 bits per heavy atom. The smallest absolute Gasteiger partial charge is 0.318 e. The number of carbonyl (C=O) groups excluding carboxylic acids is 1. The molecule has 276 valence electrons. The molecule has 2 aromatic carbocycles. The van der Waals surface area contributed by atoms with Crippen molar-refractivity contribution in [1.29, 1.82) is 0 Å². The van der Waals surface area contributed by atoms with Crippen molar-refractivity contribution in [2.75, 3.05) is 63.9 Å². The Kier molecular flexibility index (Phi) is 9.19. The number of phenols is 1. The maximum Gasteiger partial charge on any atom is 0.318 e. The van der Waals surface area contributed by atoms with Crippen molar-refractivity contribution in [1.82, 2.24) is 29.5 Å². The zero-order chi connectivity index (χ0) is 36.1. The molecular weight excluding hydrogens is 663 g/mol. The van der Waals surface area contributed by atoms with Crippen LogP contribution in [0.2, 0.25) is 0 Å². The molecule has 2 saturated heterocycles. The van der Waals surface area contributed by atoms with Gasteiger partial charge in [-0.1, -0.05) is 13.0 Å². The number of benzene rings is 2. The number of amides is 1. The van der Waals surface area contributed by atoms with Gasteiger partial charge in [0.15, 0.2) is 5.69 Å². The molecule has 0 radical (unpaired) electrons. The number of carbonyl (C=O) groups is 1. The van der Waals surface area contributed by atoms with Crippen LogP contribution in [0.3, 0.4) is 0 Å². The van der Waals surface area contributed by atoms with Crippen LogP contribution in [0.5, 0.6) is 11.8 Å². The average molecular weight is 713 g/mol. The van der Waals surface area contributed by atoms with Gasteiger partial charge in [0.25, 0.3) is 5.91 Å². The van der Waals surface area contributed by atoms with Gasteiger partial charge in [-0.3, -0.25) is 14.4 Å². The predicted molar refractivity (Wildman–Crippen MR) is 197 cm³/mol. The Morgan fingerprint density at radius 3 is 2.73 bits per heavy atom. The predicted octanol–water partition coefficient (Wildman–Crippen LogP) is 4.93. The summed E-state index contributed by atoms with van der Waals surface area (Å²) < 4.78 is 29.3. The molecule has 1 amide bonds. The zero-order valence-corrected chi connectivity index (χ0v) is 30.7. The molecule has 0 spiro atoms. The normalized spacial score (nSPS) is 21.6. The van der Waals surface area contributed by atoms with Gasteiger partial charge in [-0.15, -0.1) is 0 Å². The number of methoxy groups -OCH3 is 1. The molecule has 52 heavy (non-hydrogen) atoms. The van der Waals surface area contributed by atoms with E-state index in [1.165, 1.54) is 6.07 Å². The topological polar surface area (TPSA) is 112 Å². The van der Waals surface area contributed by atoms with Crippen LogP contribution in [0.25, 0.3) is 10.8 Å². The number of ether oxygens (including phenoxy) is 2. The van der Waals surface area contributed by atoms with Crippen LogP contribution in [0, 0.1) is 5.82 Å². The Morgan fingerprint density at radius 1 is 1.06 bits per heavy atom. The number of anilines is 2. The third kappa shape index (κ3) is 6.11. The lowest BCUT2D eigenvalue weighted by atomic mass is 9.95. The van der Waals surface area contributed by atoms with Gasteiger partial charge in [0, 0.05) is 69.6 Å². The van der Waals surface area contributed by atoms with Crippen molar-refractivity contribution in [3.63, 3.8) is 0 Å². The number of halogens is 1. The second kappa shape index (κ2) is 13.8. The number of aromatic hydroxyl groups is 1. The minimum Gasteiger partial charge on any atom is -0.508 e. The Hall–Kier alpha value is -4.49. The molecule has 4 aliphatic heterocycles. The number of hydrogen-bond donors (Lipinski definition) is 1. The fraction of sp³-hybridized carbons (Fsp3) is 0.538. The van der Waals surface area contributed by atoms with Crippen LogP contribution >= 0.6 is 0 Å². The Labute approximate surface area is 304 Å². The summed E-state index contributed by atoms with van der Waals surface area (Å²) in [6.45, 7) is 7.36. The fourth-order valence-corrected chi connectivity index (χ4v) is 9.15. The summed E-state index contributed by atoms with van der Waals surface area (Å²) in [5.74, 6) is 0.634. The molecular formula is C39H49FN8O4. The molecule has 4 aromatic rings. The van der Waals surface area contributed by atoms with Crippen LogP contribution < -0.4 is 14.5 Å². The maximum absolute atomic E-state index is 15.2. The molecule has 1 N–H and O–H groups in total. The maximum atomic E-state index is 15.2. The van der Waals surface area contributed by atoms with Crippen molar-refractivity contribution in [3.05, 3.63) is 64.4 Å². The van der Waals surface area contributed by atoms with Crippen LogP contribution in [-0.4, -0.2) is 106 Å². The van der Waals surface area contributed by atoms with E-state index in [2.05, 4.69) is 19.8 Å². The highest BCUT2D eigenvalue weighted by atomic mass is 19.1. The summed E-state index contributed by atoms with van der Waals surface area (Å²) >= 11 is 0. The minimum absolute atomic E-state index is 0.0553. The summed E-state index contributed by atoms with van der Waals surface area (Å²) in [4.78, 5) is 31.7. The summed E-state index contributed by atoms with van der Waals surface area (Å²) in [5, 5.41) is 17.1. The summed E-state index contributed by atoms with van der Waals surface area (Å²) in [6, 6.07) is 9.33. The number of nitrogens with zero attached hydrogens (tertiary/aromatic N) is 8. The third-order valence-corrected chi connectivity index (χ3v) is 11.7. The quantitative estimate of drug-likeness (QED) is 0.257. The first-order valence-electron chi connectivity index (χ1n) is 18.7. The van der Waals surface area contributed by atoms with Crippen molar-refractivity contribution >= 4 is 28.2 Å². The van der Waals surface area contributed by atoms with E-state index in [0.29, 0.717) is 68.9 Å². The number of aryl methyl sites for hydroxylation is 2. The fourth-order valence-electron chi connectivity index (χ4n) is 9.15. The number of aromatic nitrogens is 4. The molecule has 2 fully saturated rings. The van der Waals surface area contributed by atoms with Crippen molar-refractivity contribution in [2.24, 2.45) is 0 Å². The molecule has 0 saturated carbocycles. The Balaban J connectivity index is 1.16. The zero-order valence-electron chi connectivity index (χ0n) is 30.7. The molecule has 2 atom stereocenters. The van der Waals surface area contributed by atoms with Crippen molar-refractivity contribution in [2.45, 2.75) is 83.1 Å². The second-order valence-electron chi connectivity index (χ2n) is 15.0. The van der Waals surface area contributed by atoms with E-state index in [4.69, 9.17) is 19.4 Å². The van der Waals surface area contributed by atoms with Gasteiger partial charge in [0.2, 0.25) is 0 Å². The first kappa shape index (κ1) is 34.6. The molecule has 13 heteroatoms. The molecule has 12 nitrogen and oxygen atoms in total. The summed E-state index contributed by atoms with van der Waals surface area (Å²) in [7, 11) is 5.25. The standard InChI is InChI=1S/C39H49FN8O4/c1-5-29-31(40)9-8-25-18-28(49)20-34(35(25)29)45-17-11-30-33(22-45)41-38(52-24-39-12-6-15-47(39)26(10-13-39)23-51-4)42-36(30)46-14-7-16-48-27(21-46)19-32(43-48)37(50)44(2)3/h8-9,18-20,26,49H,5-7,10-17,21-24H2,1-4H3/t26-,39+/m0/s1. The van der Waals surface area contributed by atoms with Gasteiger partial charge in [-0.25, -0.2) is 4.39 Å². The van der Waals surface area contributed by atoms with Crippen LogP contribution in [0.1, 0.15) is 72.0 Å². The highest BCUT2D eigenvalue weighted by Crippen LogP contribution is 2.43. The van der Waals surface area contributed by atoms with Gasteiger partial charge in [-0.05, 0) is 80.6 Å². The van der Waals surface area contributed by atoms with E-state index in [9.17, 15) is 9.90 Å². The van der Waals surface area contributed by atoms with Gasteiger partial charge >= 0.3 is 6.01 Å². The number of phenolic OH excluding ortho intramolecular Hbond substituents is 1. The summed E-state index contributed by atoms with van der Waals surface area (Å²) in [5.41, 5.74) is 4.72. The van der Waals surface area contributed by atoms with Crippen LogP contribution in [0.4, 0.5) is 15.9 Å². The lowest BCUT2D eigenvalue weighted by Crippen LogP contribution is -2.47. The van der Waals surface area contributed by atoms with Crippen molar-refractivity contribution in [3.8, 4) is 11.8 Å². The van der Waals surface area contributed by atoms with Crippen LogP contribution in [-0.2, 0) is 37.2 Å². The van der Waals surface area contributed by atoms with Gasteiger partial charge in [0.1, 0.15) is 24.0 Å². The van der Waals surface area contributed by atoms with Gasteiger partial charge < -0.3 is 29.3 Å². The van der Waals surface area contributed by atoms with E-state index in [1.807, 2.05) is 17.7 Å². The largest absolute Gasteiger partial charge is 0.508 e. The van der Waals surface area contributed by atoms with E-state index >= 15 is 4.39 Å². The van der Waals surface area contributed by atoms with E-state index in [0.717, 1.165) is 91.0 Å². The monoisotopic (exact) mass is 712 g/mol. The number of hydrogen-bond acceptors (Lipinski definition) is 10. The first-order valence-corrected chi connectivity index (χ1v) is 18.7. The van der Waals surface area contributed by atoms with Crippen molar-refractivity contribution < 1.29 is 23.8 Å². The SMILES string of the molecule is CCc1c(F)ccc2cc(O)cc(N3CCc4c(nc(OC[C@]56CCCN5[C@H](COC)CC6)nc4N4CCCn5nc(C(=O)N(C)C)cc5C4)C3)c12. The van der Waals surface area contributed by atoms with Gasteiger partial charge in [-0.2, -0.15) is 15.1 Å². The Bertz CT molecular complexity index is 2000. The van der Waals surface area contributed by atoms with E-state index < -0.39 is 0 Å². The van der Waals surface area contributed by atoms with E-state index in [-0.39, 0.29) is 23.0 Å². The van der Waals surface area contributed by atoms with Gasteiger partial charge in [0.05, 0.1) is 36.6 Å².